The average Bonchev–Trinajstić information content (AvgIpc) is 2.46. The quantitative estimate of drug-likeness (QED) is 0.851. The van der Waals surface area contributed by atoms with E-state index in [-0.39, 0.29) is 18.0 Å². The molecule has 1 aliphatic rings. The van der Waals surface area contributed by atoms with Gasteiger partial charge in [-0.2, -0.15) is 0 Å². The van der Waals surface area contributed by atoms with E-state index in [1.165, 1.54) is 12.3 Å². The van der Waals surface area contributed by atoms with E-state index in [2.05, 4.69) is 9.71 Å². The number of aliphatic hydroxyl groups excluding tert-OH is 1. The van der Waals surface area contributed by atoms with E-state index < -0.39 is 15.4 Å². The van der Waals surface area contributed by atoms with E-state index >= 15 is 0 Å². The van der Waals surface area contributed by atoms with Gasteiger partial charge in [0.15, 0.2) is 0 Å². The normalized spacial score (nSPS) is 17.4. The lowest BCUT2D eigenvalue weighted by Crippen LogP contribution is -2.53. The molecule has 1 aliphatic heterocycles. The maximum atomic E-state index is 12.5. The van der Waals surface area contributed by atoms with Crippen LogP contribution in [-0.2, 0) is 14.8 Å². The maximum absolute atomic E-state index is 12.5. The van der Waals surface area contributed by atoms with Crippen molar-refractivity contribution in [3.05, 3.63) is 35.5 Å². The molecule has 0 radical (unpaired) electrons. The molecular weight excluding hydrogens is 328 g/mol. The van der Waals surface area contributed by atoms with Crippen molar-refractivity contribution in [3.63, 3.8) is 0 Å². The summed E-state index contributed by atoms with van der Waals surface area (Å²) in [4.78, 5) is 4.20. The van der Waals surface area contributed by atoms with Gasteiger partial charge in [-0.25, -0.2) is 13.1 Å². The molecule has 3 rings (SSSR count). The largest absolute Gasteiger partial charge is 0.396 e. The summed E-state index contributed by atoms with van der Waals surface area (Å²) >= 11 is 6.08. The summed E-state index contributed by atoms with van der Waals surface area (Å²) in [5, 5.41) is 10.4. The predicted octanol–water partition coefficient (Wildman–Crippen LogP) is 1.18. The Morgan fingerprint density at radius 1 is 1.36 bits per heavy atom. The van der Waals surface area contributed by atoms with Crippen molar-refractivity contribution in [2.75, 3.05) is 26.4 Å². The van der Waals surface area contributed by atoms with Crippen molar-refractivity contribution in [1.29, 1.82) is 0 Å². The summed E-state index contributed by atoms with van der Waals surface area (Å²) in [5.41, 5.74) is -0.215. The Balaban J connectivity index is 1.94. The van der Waals surface area contributed by atoms with Crippen LogP contribution in [-0.4, -0.2) is 44.9 Å². The zero-order valence-corrected chi connectivity index (χ0v) is 13.2. The SMILES string of the molecule is O=S(=O)(NCC1(CO)COC1)c1cccc2c(Cl)ccnc12. The number of nitrogens with zero attached hydrogens (tertiary/aromatic N) is 1. The van der Waals surface area contributed by atoms with Gasteiger partial charge in [-0.3, -0.25) is 4.98 Å². The predicted molar refractivity (Wildman–Crippen MR) is 82.3 cm³/mol. The molecule has 22 heavy (non-hydrogen) atoms. The average molecular weight is 343 g/mol. The summed E-state index contributed by atoms with van der Waals surface area (Å²) < 4.78 is 32.7. The van der Waals surface area contributed by atoms with Crippen LogP contribution in [0.1, 0.15) is 0 Å². The second-order valence-corrected chi connectivity index (χ2v) is 7.56. The molecule has 0 bridgehead atoms. The van der Waals surface area contributed by atoms with Crippen LogP contribution in [0, 0.1) is 5.41 Å². The number of sulfonamides is 1. The molecule has 0 aliphatic carbocycles. The molecule has 1 aromatic heterocycles. The fraction of sp³-hybridized carbons (Fsp3) is 0.357. The van der Waals surface area contributed by atoms with Crippen LogP contribution in [0.15, 0.2) is 35.4 Å². The van der Waals surface area contributed by atoms with Gasteiger partial charge < -0.3 is 9.84 Å². The van der Waals surface area contributed by atoms with Crippen molar-refractivity contribution < 1.29 is 18.3 Å². The molecule has 0 saturated carbocycles. The van der Waals surface area contributed by atoms with E-state index in [4.69, 9.17) is 16.3 Å². The first-order chi connectivity index (χ1) is 10.5. The van der Waals surface area contributed by atoms with Crippen LogP contribution >= 0.6 is 11.6 Å². The lowest BCUT2D eigenvalue weighted by Gasteiger charge is -2.39. The summed E-state index contributed by atoms with van der Waals surface area (Å²) in [7, 11) is -3.76. The number of pyridine rings is 1. The molecule has 2 heterocycles. The second kappa shape index (κ2) is 5.75. The first-order valence-electron chi connectivity index (χ1n) is 6.69. The number of hydrogen-bond donors (Lipinski definition) is 2. The van der Waals surface area contributed by atoms with E-state index in [0.29, 0.717) is 29.1 Å². The van der Waals surface area contributed by atoms with Crippen molar-refractivity contribution in [3.8, 4) is 0 Å². The van der Waals surface area contributed by atoms with Crippen molar-refractivity contribution in [2.45, 2.75) is 4.90 Å². The van der Waals surface area contributed by atoms with Crippen LogP contribution in [0.2, 0.25) is 5.02 Å². The molecule has 0 amide bonds. The van der Waals surface area contributed by atoms with Crippen LogP contribution < -0.4 is 4.72 Å². The van der Waals surface area contributed by atoms with Gasteiger partial charge in [-0.1, -0.05) is 23.7 Å². The highest BCUT2D eigenvalue weighted by atomic mass is 35.5. The zero-order chi connectivity index (χ0) is 15.8. The van der Waals surface area contributed by atoms with Gasteiger partial charge in [-0.05, 0) is 12.1 Å². The van der Waals surface area contributed by atoms with Gasteiger partial charge >= 0.3 is 0 Å². The standard InChI is InChI=1S/C14H15ClN2O4S/c15-11-4-5-16-13-10(11)2-1-3-12(13)22(19,20)17-6-14(7-18)8-21-9-14/h1-5,17-18H,6-9H2. The third-order valence-corrected chi connectivity index (χ3v) is 5.52. The fourth-order valence-electron chi connectivity index (χ4n) is 2.30. The number of nitrogens with one attached hydrogen (secondary N) is 1. The summed E-state index contributed by atoms with van der Waals surface area (Å²) in [6.45, 7) is 0.662. The molecule has 0 atom stereocenters. The molecular formula is C14H15ClN2O4S. The number of ether oxygens (including phenoxy) is 1. The summed E-state index contributed by atoms with van der Waals surface area (Å²) in [5.74, 6) is 0. The lowest BCUT2D eigenvalue weighted by molar-refractivity contribution is -0.132. The minimum atomic E-state index is -3.76. The van der Waals surface area contributed by atoms with Crippen molar-refractivity contribution >= 4 is 32.5 Å². The third kappa shape index (κ3) is 2.70. The molecule has 2 aromatic rings. The van der Waals surface area contributed by atoms with E-state index in [1.54, 1.807) is 18.2 Å². The van der Waals surface area contributed by atoms with Crippen LogP contribution in [0.5, 0.6) is 0 Å². The van der Waals surface area contributed by atoms with Gasteiger partial charge in [0.2, 0.25) is 10.0 Å². The Morgan fingerprint density at radius 2 is 2.14 bits per heavy atom. The summed E-state index contributed by atoms with van der Waals surface area (Å²) in [6, 6.07) is 6.44. The maximum Gasteiger partial charge on any atom is 0.242 e. The van der Waals surface area contributed by atoms with Crippen LogP contribution in [0.25, 0.3) is 10.9 Å². The number of aromatic nitrogens is 1. The number of fused-ring (bicyclic) bond motifs is 1. The highest BCUT2D eigenvalue weighted by Gasteiger charge is 2.39. The smallest absolute Gasteiger partial charge is 0.242 e. The van der Waals surface area contributed by atoms with Gasteiger partial charge in [0.05, 0.1) is 35.8 Å². The Morgan fingerprint density at radius 3 is 2.77 bits per heavy atom. The first-order valence-corrected chi connectivity index (χ1v) is 8.55. The molecule has 6 nitrogen and oxygen atoms in total. The topological polar surface area (TPSA) is 88.5 Å². The minimum absolute atomic E-state index is 0.0702. The van der Waals surface area contributed by atoms with Gasteiger partial charge in [0.1, 0.15) is 4.90 Å². The number of rotatable bonds is 5. The third-order valence-electron chi connectivity index (χ3n) is 3.76. The number of aliphatic hydroxyl groups is 1. The van der Waals surface area contributed by atoms with Crippen LogP contribution in [0.4, 0.5) is 0 Å². The molecule has 118 valence electrons. The highest BCUT2D eigenvalue weighted by Crippen LogP contribution is 2.29. The van der Waals surface area contributed by atoms with Crippen LogP contribution in [0.3, 0.4) is 0 Å². The van der Waals surface area contributed by atoms with Gasteiger partial charge in [0, 0.05) is 18.1 Å². The fourth-order valence-corrected chi connectivity index (χ4v) is 3.83. The van der Waals surface area contributed by atoms with Crippen molar-refractivity contribution in [2.24, 2.45) is 5.41 Å². The number of para-hydroxylation sites is 1. The van der Waals surface area contributed by atoms with Crippen molar-refractivity contribution in [1.82, 2.24) is 9.71 Å². The molecule has 1 saturated heterocycles. The minimum Gasteiger partial charge on any atom is -0.396 e. The molecule has 0 spiro atoms. The summed E-state index contributed by atoms with van der Waals surface area (Å²) in [6.07, 6.45) is 1.47. The van der Waals surface area contributed by atoms with E-state index in [1.807, 2.05) is 0 Å². The number of benzene rings is 1. The molecule has 0 unspecified atom stereocenters. The Hall–Kier alpha value is -1.25. The molecule has 1 fully saturated rings. The molecule has 1 aromatic carbocycles. The Labute approximate surface area is 133 Å². The number of hydrogen-bond acceptors (Lipinski definition) is 5. The van der Waals surface area contributed by atoms with Gasteiger partial charge in [0.25, 0.3) is 0 Å². The Kier molecular flexibility index (Phi) is 4.09. The monoisotopic (exact) mass is 342 g/mol. The Bertz CT molecular complexity index is 800. The molecule has 2 N–H and O–H groups in total. The number of halogens is 1. The molecule has 8 heteroatoms. The first kappa shape index (κ1) is 15.6. The van der Waals surface area contributed by atoms with Gasteiger partial charge in [-0.15, -0.1) is 0 Å². The van der Waals surface area contributed by atoms with E-state index in [0.717, 1.165) is 0 Å². The second-order valence-electron chi connectivity index (χ2n) is 5.42. The zero-order valence-electron chi connectivity index (χ0n) is 11.6. The highest BCUT2D eigenvalue weighted by molar-refractivity contribution is 7.89. The lowest BCUT2D eigenvalue weighted by atomic mass is 9.87. The van der Waals surface area contributed by atoms with E-state index in [9.17, 15) is 13.5 Å².